The fraction of sp³-hybridized carbons (Fsp3) is 0.400. The third kappa shape index (κ3) is 12.3. The summed E-state index contributed by atoms with van der Waals surface area (Å²) in [6.07, 6.45) is 2.29. The van der Waals surface area contributed by atoms with Gasteiger partial charge >= 0.3 is 11.9 Å². The van der Waals surface area contributed by atoms with Gasteiger partial charge in [-0.05, 0) is 19.7 Å². The van der Waals surface area contributed by atoms with E-state index in [4.69, 9.17) is 9.47 Å². The minimum atomic E-state index is -0.397. The van der Waals surface area contributed by atoms with E-state index in [1.807, 2.05) is 0 Å². The van der Waals surface area contributed by atoms with Crippen molar-refractivity contribution < 1.29 is 19.1 Å². The Bertz CT molecular complexity index is 255. The lowest BCUT2D eigenvalue weighted by Gasteiger charge is -2.02. The molecular formula is C10H14O4S4. The summed E-state index contributed by atoms with van der Waals surface area (Å²) in [6, 6.07) is 0. The van der Waals surface area contributed by atoms with Gasteiger partial charge in [0.2, 0.25) is 0 Å². The first-order valence-electron chi connectivity index (χ1n) is 4.87. The van der Waals surface area contributed by atoms with Crippen molar-refractivity contribution in [3.05, 3.63) is 25.3 Å². The molecule has 8 heteroatoms. The van der Waals surface area contributed by atoms with E-state index in [1.54, 1.807) is 41.2 Å². The van der Waals surface area contributed by atoms with Gasteiger partial charge < -0.3 is 9.47 Å². The van der Waals surface area contributed by atoms with E-state index in [9.17, 15) is 9.59 Å². The fourth-order valence-electron chi connectivity index (χ4n) is 0.578. The summed E-state index contributed by atoms with van der Waals surface area (Å²) in [7, 11) is 6.39. The molecule has 0 unspecified atom stereocenters. The summed E-state index contributed by atoms with van der Waals surface area (Å²) < 4.78 is 9.60. The van der Waals surface area contributed by atoms with Gasteiger partial charge in [-0.1, -0.05) is 34.7 Å². The van der Waals surface area contributed by atoms with Crippen LogP contribution in [0.2, 0.25) is 0 Å². The number of rotatable bonds is 11. The molecule has 0 aromatic heterocycles. The SMILES string of the molecule is C=CC(=O)OCCSSSSCCOC(=O)C=C. The van der Waals surface area contributed by atoms with E-state index < -0.39 is 11.9 Å². The Morgan fingerprint density at radius 3 is 1.61 bits per heavy atom. The highest BCUT2D eigenvalue weighted by molar-refractivity contribution is 9.26. The second-order valence-electron chi connectivity index (χ2n) is 2.52. The van der Waals surface area contributed by atoms with E-state index in [-0.39, 0.29) is 0 Å². The predicted molar refractivity (Wildman–Crippen MR) is 82.4 cm³/mol. The standard InChI is InChI=1S/C10H14O4S4/c1-3-9(11)13-5-7-15-17-18-16-8-6-14-10(12)4-2/h3-4H,1-2,5-8H2. The van der Waals surface area contributed by atoms with Crippen LogP contribution in [-0.4, -0.2) is 36.7 Å². The molecule has 0 spiro atoms. The van der Waals surface area contributed by atoms with E-state index in [2.05, 4.69) is 13.2 Å². The van der Waals surface area contributed by atoms with Crippen LogP contribution in [0.25, 0.3) is 0 Å². The van der Waals surface area contributed by atoms with Crippen LogP contribution in [0.15, 0.2) is 25.3 Å². The van der Waals surface area contributed by atoms with Gasteiger partial charge in [0.1, 0.15) is 13.2 Å². The highest BCUT2D eigenvalue weighted by Crippen LogP contribution is 2.42. The Hall–Kier alpha value is -0.180. The van der Waals surface area contributed by atoms with Crippen LogP contribution in [-0.2, 0) is 19.1 Å². The molecule has 0 aliphatic rings. The molecule has 0 aliphatic carbocycles. The van der Waals surface area contributed by atoms with Crippen molar-refractivity contribution in [1.82, 2.24) is 0 Å². The molecule has 0 saturated heterocycles. The molecule has 0 heterocycles. The lowest BCUT2D eigenvalue weighted by molar-refractivity contribution is -0.138. The molecule has 0 fully saturated rings. The molecule has 0 amide bonds. The fourth-order valence-corrected chi connectivity index (χ4v) is 6.20. The average molecular weight is 326 g/mol. The van der Waals surface area contributed by atoms with E-state index in [0.717, 1.165) is 23.7 Å². The van der Waals surface area contributed by atoms with Crippen molar-refractivity contribution in [2.24, 2.45) is 0 Å². The first-order chi connectivity index (χ1) is 8.70. The summed E-state index contributed by atoms with van der Waals surface area (Å²) in [5.74, 6) is 0.658. The summed E-state index contributed by atoms with van der Waals surface area (Å²) >= 11 is 0. The molecule has 0 atom stereocenters. The van der Waals surface area contributed by atoms with Crippen molar-refractivity contribution in [2.75, 3.05) is 24.7 Å². The minimum absolute atomic E-state index is 0.380. The molecule has 0 bridgehead atoms. The number of hydrogen-bond donors (Lipinski definition) is 0. The maximum atomic E-state index is 10.7. The minimum Gasteiger partial charge on any atom is -0.462 e. The quantitative estimate of drug-likeness (QED) is 0.248. The Balaban J connectivity index is 3.12. The highest BCUT2D eigenvalue weighted by atomic mass is 33.7. The first kappa shape index (κ1) is 17.8. The molecule has 0 aromatic rings. The molecule has 0 aromatic carbocycles. The van der Waals surface area contributed by atoms with Crippen molar-refractivity contribution in [1.29, 1.82) is 0 Å². The van der Waals surface area contributed by atoms with Gasteiger partial charge in [0, 0.05) is 23.7 Å². The maximum Gasteiger partial charge on any atom is 0.330 e. The topological polar surface area (TPSA) is 52.6 Å². The Morgan fingerprint density at radius 2 is 1.28 bits per heavy atom. The Morgan fingerprint density at radius 1 is 0.889 bits per heavy atom. The molecule has 0 N–H and O–H groups in total. The van der Waals surface area contributed by atoms with Crippen molar-refractivity contribution in [3.8, 4) is 0 Å². The average Bonchev–Trinajstić information content (AvgIpc) is 2.40. The largest absolute Gasteiger partial charge is 0.462 e. The summed E-state index contributed by atoms with van der Waals surface area (Å²) in [6.45, 7) is 7.36. The van der Waals surface area contributed by atoms with E-state index in [0.29, 0.717) is 13.2 Å². The smallest absolute Gasteiger partial charge is 0.330 e. The van der Waals surface area contributed by atoms with Gasteiger partial charge in [0.15, 0.2) is 0 Å². The maximum absolute atomic E-state index is 10.7. The summed E-state index contributed by atoms with van der Waals surface area (Å²) in [4.78, 5) is 21.4. The van der Waals surface area contributed by atoms with Gasteiger partial charge in [0.05, 0.1) is 0 Å². The molecule has 0 aliphatic heterocycles. The zero-order valence-corrected chi connectivity index (χ0v) is 12.9. The molecule has 102 valence electrons. The lowest BCUT2D eigenvalue weighted by Crippen LogP contribution is -2.03. The monoisotopic (exact) mass is 326 g/mol. The van der Waals surface area contributed by atoms with Gasteiger partial charge in [-0.15, -0.1) is 0 Å². The number of esters is 2. The number of hydrogen-bond acceptors (Lipinski definition) is 8. The van der Waals surface area contributed by atoms with Gasteiger partial charge in [0.25, 0.3) is 0 Å². The number of carbonyl (C=O) groups is 2. The third-order valence-electron chi connectivity index (χ3n) is 1.28. The van der Waals surface area contributed by atoms with Gasteiger partial charge in [-0.2, -0.15) is 0 Å². The van der Waals surface area contributed by atoms with E-state index in [1.165, 1.54) is 0 Å². The second-order valence-corrected chi connectivity index (χ2v) is 8.76. The highest BCUT2D eigenvalue weighted by Gasteiger charge is 1.98. The zero-order valence-electron chi connectivity index (χ0n) is 9.66. The van der Waals surface area contributed by atoms with Gasteiger partial charge in [-0.25, -0.2) is 9.59 Å². The van der Waals surface area contributed by atoms with Crippen LogP contribution in [0.3, 0.4) is 0 Å². The van der Waals surface area contributed by atoms with Crippen LogP contribution >= 0.6 is 41.2 Å². The summed E-state index contributed by atoms with van der Waals surface area (Å²) in [5, 5.41) is 0. The number of ether oxygens (including phenoxy) is 2. The lowest BCUT2D eigenvalue weighted by atomic mass is 10.6. The van der Waals surface area contributed by atoms with Crippen LogP contribution in [0.5, 0.6) is 0 Å². The van der Waals surface area contributed by atoms with Crippen LogP contribution < -0.4 is 0 Å². The predicted octanol–water partition coefficient (Wildman–Crippen LogP) is 3.12. The zero-order chi connectivity index (χ0) is 13.6. The van der Waals surface area contributed by atoms with Crippen LogP contribution in [0.4, 0.5) is 0 Å². The summed E-state index contributed by atoms with van der Waals surface area (Å²) in [5.41, 5.74) is 0. The third-order valence-corrected chi connectivity index (χ3v) is 7.67. The Labute approximate surface area is 122 Å². The molecule has 0 rings (SSSR count). The van der Waals surface area contributed by atoms with Crippen LogP contribution in [0, 0.1) is 0 Å². The molecule has 18 heavy (non-hydrogen) atoms. The van der Waals surface area contributed by atoms with E-state index >= 15 is 0 Å². The molecule has 0 radical (unpaired) electrons. The van der Waals surface area contributed by atoms with Crippen molar-refractivity contribution in [3.63, 3.8) is 0 Å². The Kier molecular flexibility index (Phi) is 13.1. The molecular weight excluding hydrogens is 312 g/mol. The molecule has 0 saturated carbocycles. The normalized spacial score (nSPS) is 9.56. The first-order valence-corrected chi connectivity index (χ1v) is 10.0. The molecule has 4 nitrogen and oxygen atoms in total. The van der Waals surface area contributed by atoms with Gasteiger partial charge in [-0.3, -0.25) is 0 Å². The number of carbonyl (C=O) groups excluding carboxylic acids is 2. The van der Waals surface area contributed by atoms with Crippen molar-refractivity contribution in [2.45, 2.75) is 0 Å². The van der Waals surface area contributed by atoms with Crippen molar-refractivity contribution >= 4 is 53.2 Å². The van der Waals surface area contributed by atoms with Crippen LogP contribution in [0.1, 0.15) is 0 Å². The second kappa shape index (κ2) is 13.3.